The van der Waals surface area contributed by atoms with Gasteiger partial charge in [-0.15, -0.1) is 0 Å². The number of aromatic nitrogens is 8. The van der Waals surface area contributed by atoms with E-state index in [1.807, 2.05) is 67.4 Å². The Hall–Kier alpha value is -7.09. The van der Waals surface area contributed by atoms with Crippen LogP contribution in [0.4, 0.5) is 5.95 Å². The van der Waals surface area contributed by atoms with E-state index in [4.69, 9.17) is 27.3 Å². The molecule has 0 aliphatic carbocycles. The van der Waals surface area contributed by atoms with Crippen molar-refractivity contribution in [2.75, 3.05) is 18.4 Å². The molecule has 2 fully saturated rings. The van der Waals surface area contributed by atoms with E-state index in [1.54, 1.807) is 23.0 Å². The van der Waals surface area contributed by atoms with Gasteiger partial charge < -0.3 is 11.1 Å². The fraction of sp³-hybridized carbons (Fsp3) is 0.323. The van der Waals surface area contributed by atoms with Gasteiger partial charge in [0.05, 0.1) is 28.1 Å². The lowest BCUT2D eigenvalue weighted by Crippen LogP contribution is -2.53. The molecule has 2 unspecified atom stereocenters. The molecule has 10 aromatic rings. The fourth-order valence-corrected chi connectivity index (χ4v) is 11.7. The molecule has 8 heterocycles. The van der Waals surface area contributed by atoms with Gasteiger partial charge in [-0.05, 0) is 175 Å². The van der Waals surface area contributed by atoms with Crippen LogP contribution in [0.1, 0.15) is 81.1 Å². The standard InChI is InChI=1S/C31H34N6.C21H13ClN4.C10H22N2/c1-21(2)36-18-7-10-26(36)31(3,4)35-30-34-28(23-13-15-32-16-14-23)27(29-33-17-19-37(29)30)25-12-11-22-8-5-6-9-24(22)20-25;22-21-25-19(15-7-9-23-10-8-15)18(20-24-11-12-26(20)21)17-6-5-14-3-1-2-4-16(14)13-17;1-8(2)12-7-5-6-9(12)10(3,4)11/h5-6,8-9,11-17,19-21,26H,7,10,18H2,1-4H3,(H,34,35);1-13H;8-9H,5-7,11H2,1-4H3. The Labute approximate surface area is 446 Å². The number of nitrogens with one attached hydrogen (secondary N) is 1. The number of hydrogen-bond donors (Lipinski definition) is 2. The highest BCUT2D eigenvalue weighted by Crippen LogP contribution is 2.40. The van der Waals surface area contributed by atoms with Crippen molar-refractivity contribution in [1.29, 1.82) is 0 Å². The molecule has 12 rings (SSSR count). The number of halogens is 1. The third-order valence-electron chi connectivity index (χ3n) is 15.1. The third-order valence-corrected chi connectivity index (χ3v) is 15.3. The van der Waals surface area contributed by atoms with E-state index >= 15 is 0 Å². The molecule has 2 aliphatic heterocycles. The number of likely N-dealkylation sites (tertiary alicyclic amines) is 2. The third kappa shape index (κ3) is 10.8. The zero-order chi connectivity index (χ0) is 52.4. The highest BCUT2D eigenvalue weighted by Gasteiger charge is 2.39. The van der Waals surface area contributed by atoms with Gasteiger partial charge in [-0.25, -0.2) is 19.9 Å². The van der Waals surface area contributed by atoms with Gasteiger partial charge in [0.25, 0.3) is 0 Å². The summed E-state index contributed by atoms with van der Waals surface area (Å²) in [6.45, 7) is 20.3. The van der Waals surface area contributed by atoms with Gasteiger partial charge in [0.15, 0.2) is 0 Å². The summed E-state index contributed by atoms with van der Waals surface area (Å²) in [6, 6.07) is 39.8. The zero-order valence-electron chi connectivity index (χ0n) is 44.5. The summed E-state index contributed by atoms with van der Waals surface area (Å²) in [4.78, 5) is 32.9. The second-order valence-corrected chi connectivity index (χ2v) is 22.1. The number of hydrogen-bond acceptors (Lipinski definition) is 10. The maximum atomic E-state index is 6.40. The summed E-state index contributed by atoms with van der Waals surface area (Å²) in [6.07, 6.45) is 19.6. The lowest BCUT2D eigenvalue weighted by Gasteiger charge is -2.40. The largest absolute Gasteiger partial charge is 0.349 e. The van der Waals surface area contributed by atoms with E-state index in [2.05, 4.69) is 168 Å². The maximum absolute atomic E-state index is 6.40. The number of nitrogens with zero attached hydrogens (tertiary/aromatic N) is 10. The van der Waals surface area contributed by atoms with Crippen molar-refractivity contribution in [3.63, 3.8) is 0 Å². The number of nitrogens with two attached hydrogens (primary N) is 1. The molecule has 0 saturated carbocycles. The first-order valence-electron chi connectivity index (χ1n) is 26.4. The molecule has 3 N–H and O–H groups in total. The minimum atomic E-state index is -0.176. The van der Waals surface area contributed by atoms with Crippen molar-refractivity contribution in [3.05, 3.63) is 164 Å². The average molecular weight is 1020 g/mol. The van der Waals surface area contributed by atoms with E-state index in [9.17, 15) is 0 Å². The minimum Gasteiger partial charge on any atom is -0.349 e. The van der Waals surface area contributed by atoms with Crippen LogP contribution in [0.5, 0.6) is 0 Å². The summed E-state index contributed by atoms with van der Waals surface area (Å²) in [5.74, 6) is 0.810. The topological polar surface area (TPSA) is 131 Å². The predicted octanol–water partition coefficient (Wildman–Crippen LogP) is 13.5. The SMILES string of the molecule is CC(C)N1CCCC1C(C)(C)N.CC(C)N1CCCC1C(C)(C)Nc1nc(-c2ccncc2)c(-c2ccc3ccccc3c2)c2nccn12.Clc1nc(-c2ccncc2)c(-c2ccc3ccccc3c2)c2nccn12. The molecule has 75 heavy (non-hydrogen) atoms. The van der Waals surface area contributed by atoms with E-state index in [0.29, 0.717) is 29.5 Å². The molecular formula is C62H69ClN12. The monoisotopic (exact) mass is 1020 g/mol. The van der Waals surface area contributed by atoms with Gasteiger partial charge in [-0.2, -0.15) is 0 Å². The summed E-state index contributed by atoms with van der Waals surface area (Å²) < 4.78 is 3.91. The molecule has 2 aliphatic rings. The first-order chi connectivity index (χ1) is 36.2. The van der Waals surface area contributed by atoms with E-state index in [-0.39, 0.29) is 11.1 Å². The van der Waals surface area contributed by atoms with Crippen LogP contribution < -0.4 is 11.1 Å². The number of rotatable bonds is 10. The van der Waals surface area contributed by atoms with Crippen molar-refractivity contribution in [3.8, 4) is 44.8 Å². The Morgan fingerprint density at radius 2 is 1.00 bits per heavy atom. The lowest BCUT2D eigenvalue weighted by molar-refractivity contribution is 0.147. The summed E-state index contributed by atoms with van der Waals surface area (Å²) in [5, 5.41) is 9.02. The molecule has 2 atom stereocenters. The van der Waals surface area contributed by atoms with Gasteiger partial charge in [0.2, 0.25) is 11.2 Å². The highest BCUT2D eigenvalue weighted by molar-refractivity contribution is 6.29. The second-order valence-electron chi connectivity index (χ2n) is 21.7. The highest BCUT2D eigenvalue weighted by atomic mass is 35.5. The Morgan fingerprint density at radius 3 is 1.49 bits per heavy atom. The van der Waals surface area contributed by atoms with Crippen LogP contribution in [0, 0.1) is 0 Å². The van der Waals surface area contributed by atoms with Crippen molar-refractivity contribution in [2.45, 2.75) is 116 Å². The Kier molecular flexibility index (Phi) is 14.8. The maximum Gasteiger partial charge on any atom is 0.209 e. The number of fused-ring (bicyclic) bond motifs is 4. The Balaban J connectivity index is 0.000000146. The second kappa shape index (κ2) is 21.6. The molecule has 13 heteroatoms. The zero-order valence-corrected chi connectivity index (χ0v) is 45.2. The van der Waals surface area contributed by atoms with Crippen LogP contribution in [0.15, 0.2) is 159 Å². The van der Waals surface area contributed by atoms with Crippen molar-refractivity contribution >= 4 is 50.4 Å². The molecule has 0 amide bonds. The summed E-state index contributed by atoms with van der Waals surface area (Å²) in [7, 11) is 0. The van der Waals surface area contributed by atoms with Crippen molar-refractivity contribution in [1.82, 2.24) is 48.5 Å². The van der Waals surface area contributed by atoms with E-state index < -0.39 is 0 Å². The number of imidazole rings is 2. The first-order valence-corrected chi connectivity index (χ1v) is 26.8. The molecule has 4 aromatic carbocycles. The van der Waals surface area contributed by atoms with Crippen LogP contribution in [-0.4, -0.2) is 96.8 Å². The molecule has 6 aromatic heterocycles. The molecule has 0 bridgehead atoms. The van der Waals surface area contributed by atoms with Crippen LogP contribution in [-0.2, 0) is 0 Å². The molecular weight excluding hydrogens is 948 g/mol. The lowest BCUT2D eigenvalue weighted by atomic mass is 9.91. The first kappa shape index (κ1) is 51.4. The summed E-state index contributed by atoms with van der Waals surface area (Å²) >= 11 is 6.40. The quantitative estimate of drug-likeness (QED) is 0.128. The molecule has 2 saturated heterocycles. The van der Waals surface area contributed by atoms with Gasteiger partial charge >= 0.3 is 0 Å². The predicted molar refractivity (Wildman–Crippen MR) is 309 cm³/mol. The van der Waals surface area contributed by atoms with Gasteiger partial charge in [-0.1, -0.05) is 72.8 Å². The van der Waals surface area contributed by atoms with Crippen LogP contribution >= 0.6 is 11.6 Å². The van der Waals surface area contributed by atoms with Gasteiger partial charge in [-0.3, -0.25) is 28.6 Å². The number of benzene rings is 4. The van der Waals surface area contributed by atoms with Crippen molar-refractivity contribution < 1.29 is 0 Å². The van der Waals surface area contributed by atoms with Crippen molar-refractivity contribution in [2.24, 2.45) is 5.73 Å². The number of pyridine rings is 2. The van der Waals surface area contributed by atoms with Gasteiger partial charge in [0, 0.05) is 90.4 Å². The normalized spacial score (nSPS) is 16.5. The molecule has 0 radical (unpaired) electrons. The van der Waals surface area contributed by atoms with Crippen LogP contribution in [0.2, 0.25) is 5.28 Å². The summed E-state index contributed by atoms with van der Waals surface area (Å²) in [5.41, 5.74) is 15.4. The van der Waals surface area contributed by atoms with E-state index in [0.717, 1.165) is 68.6 Å². The fourth-order valence-electron chi connectivity index (χ4n) is 11.4. The minimum absolute atomic E-state index is 0.0409. The average Bonchev–Trinajstić information content (AvgIpc) is 4.28. The molecule has 0 spiro atoms. The Morgan fingerprint density at radius 1 is 0.547 bits per heavy atom. The van der Waals surface area contributed by atoms with Crippen LogP contribution in [0.25, 0.3) is 77.6 Å². The Bertz CT molecular complexity index is 3560. The molecule has 12 nitrogen and oxygen atoms in total. The smallest absolute Gasteiger partial charge is 0.209 e. The van der Waals surface area contributed by atoms with Crippen LogP contribution in [0.3, 0.4) is 0 Å². The van der Waals surface area contributed by atoms with Gasteiger partial charge in [0.1, 0.15) is 11.3 Å². The number of anilines is 1. The molecule has 384 valence electrons. The van der Waals surface area contributed by atoms with E-state index in [1.165, 1.54) is 53.8 Å².